The van der Waals surface area contributed by atoms with Crippen LogP contribution < -0.4 is 5.73 Å². The second-order valence-electron chi connectivity index (χ2n) is 6.36. The van der Waals surface area contributed by atoms with Gasteiger partial charge in [0.05, 0.1) is 0 Å². The second-order valence-corrected chi connectivity index (χ2v) is 6.36. The van der Waals surface area contributed by atoms with Crippen molar-refractivity contribution in [3.05, 3.63) is 97.9 Å². The summed E-state index contributed by atoms with van der Waals surface area (Å²) in [4.78, 5) is 7.81. The van der Waals surface area contributed by atoms with Gasteiger partial charge in [-0.3, -0.25) is 0 Å². The van der Waals surface area contributed by atoms with Gasteiger partial charge in [0.2, 0.25) is 0 Å². The predicted molar refractivity (Wildman–Crippen MR) is 118 cm³/mol. The number of H-pyrrole nitrogens is 1. The predicted octanol–water partition coefficient (Wildman–Crippen LogP) is 6.16. The quantitative estimate of drug-likeness (QED) is 0.412. The van der Waals surface area contributed by atoms with Crippen molar-refractivity contribution in [3.8, 4) is 11.1 Å². The molecular weight excluding hydrogens is 330 g/mol. The number of aromatic amines is 1. The number of nitrogen functional groups attached to an aromatic ring is 1. The van der Waals surface area contributed by atoms with Crippen LogP contribution in [0.4, 0.5) is 5.69 Å². The number of hydrogen-bond acceptors (Lipinski definition) is 2. The molecule has 0 radical (unpaired) electrons. The first-order chi connectivity index (χ1) is 13.0. The Morgan fingerprint density at radius 3 is 2.59 bits per heavy atom. The van der Waals surface area contributed by atoms with Crippen LogP contribution in [-0.2, 0) is 0 Å². The average molecular weight is 353 g/mol. The van der Waals surface area contributed by atoms with Crippen LogP contribution in [0, 0.1) is 0 Å². The number of allylic oxidation sites excluding steroid dienone is 7. The van der Waals surface area contributed by atoms with Crippen molar-refractivity contribution in [1.82, 2.24) is 9.97 Å². The number of anilines is 1. The van der Waals surface area contributed by atoms with Gasteiger partial charge in [-0.2, -0.15) is 0 Å². The Labute approximate surface area is 160 Å². The summed E-state index contributed by atoms with van der Waals surface area (Å²) >= 11 is 0. The van der Waals surface area contributed by atoms with Crippen molar-refractivity contribution in [2.24, 2.45) is 0 Å². The smallest absolute Gasteiger partial charge is 0.137 e. The molecule has 0 saturated heterocycles. The lowest BCUT2D eigenvalue weighted by molar-refractivity contribution is 1.32. The SMILES string of the molecule is C=C/C=C\C(=C/C=C)c1c[nH]c2ncc(-c3ccc(C(=C)C)c(N)c3)cc12. The summed E-state index contributed by atoms with van der Waals surface area (Å²) < 4.78 is 0. The maximum atomic E-state index is 6.20. The monoisotopic (exact) mass is 353 g/mol. The topological polar surface area (TPSA) is 54.7 Å². The zero-order valence-electron chi connectivity index (χ0n) is 15.5. The van der Waals surface area contributed by atoms with E-state index in [1.165, 1.54) is 0 Å². The lowest BCUT2D eigenvalue weighted by Crippen LogP contribution is -1.93. The highest BCUT2D eigenvalue weighted by atomic mass is 14.8. The van der Waals surface area contributed by atoms with E-state index < -0.39 is 0 Å². The van der Waals surface area contributed by atoms with Gasteiger partial charge in [-0.05, 0) is 41.3 Å². The summed E-state index contributed by atoms with van der Waals surface area (Å²) in [5, 5.41) is 1.04. The summed E-state index contributed by atoms with van der Waals surface area (Å²) in [6, 6.07) is 8.15. The first kappa shape index (κ1) is 18.2. The highest BCUT2D eigenvalue weighted by Gasteiger charge is 2.10. The molecule has 0 fully saturated rings. The maximum Gasteiger partial charge on any atom is 0.137 e. The van der Waals surface area contributed by atoms with Crippen LogP contribution in [0.5, 0.6) is 0 Å². The summed E-state index contributed by atoms with van der Waals surface area (Å²) in [6.07, 6.45) is 13.2. The molecule has 3 rings (SSSR count). The number of benzene rings is 1. The van der Waals surface area contributed by atoms with E-state index in [0.717, 1.165) is 50.1 Å². The Kier molecular flexibility index (Phi) is 5.23. The van der Waals surface area contributed by atoms with Crippen LogP contribution in [-0.4, -0.2) is 9.97 Å². The third kappa shape index (κ3) is 3.67. The number of fused-ring (bicyclic) bond motifs is 1. The molecule has 2 aromatic heterocycles. The standard InChI is InChI=1S/C24H23N3/c1-5-7-9-17(8-6-2)22-15-27-24-21(22)12-19(14-26-24)18-10-11-20(16(3)4)23(25)13-18/h5-15H,1-3,25H2,4H3,(H,26,27)/b9-7-,17-8+. The molecular formula is C24H23N3. The molecule has 0 atom stereocenters. The third-order valence-electron chi connectivity index (χ3n) is 4.40. The molecule has 0 saturated carbocycles. The van der Waals surface area contributed by atoms with E-state index >= 15 is 0 Å². The van der Waals surface area contributed by atoms with Gasteiger partial charge >= 0.3 is 0 Å². The number of rotatable bonds is 6. The van der Waals surface area contributed by atoms with Crippen LogP contribution >= 0.6 is 0 Å². The van der Waals surface area contributed by atoms with Crippen LogP contribution in [0.3, 0.4) is 0 Å². The lowest BCUT2D eigenvalue weighted by atomic mass is 9.99. The zero-order valence-corrected chi connectivity index (χ0v) is 15.5. The first-order valence-electron chi connectivity index (χ1n) is 8.70. The molecule has 3 nitrogen and oxygen atoms in total. The van der Waals surface area contributed by atoms with Crippen molar-refractivity contribution >= 4 is 27.9 Å². The Bertz CT molecular complexity index is 1090. The molecule has 134 valence electrons. The van der Waals surface area contributed by atoms with E-state index in [9.17, 15) is 0 Å². The van der Waals surface area contributed by atoms with Gasteiger partial charge in [0.25, 0.3) is 0 Å². The molecule has 0 aliphatic rings. The number of nitrogens with one attached hydrogen (secondary N) is 1. The summed E-state index contributed by atoms with van der Waals surface area (Å²) in [6.45, 7) is 13.5. The molecule has 0 bridgehead atoms. The van der Waals surface area contributed by atoms with Crippen molar-refractivity contribution in [3.63, 3.8) is 0 Å². The molecule has 3 heteroatoms. The zero-order chi connectivity index (χ0) is 19.4. The minimum absolute atomic E-state index is 0.718. The molecule has 0 aliphatic carbocycles. The fraction of sp³-hybridized carbons (Fsp3) is 0.0417. The van der Waals surface area contributed by atoms with E-state index in [0.29, 0.717) is 0 Å². The minimum Gasteiger partial charge on any atom is -0.398 e. The Balaban J connectivity index is 2.12. The van der Waals surface area contributed by atoms with Gasteiger partial charge in [-0.1, -0.05) is 62.2 Å². The highest BCUT2D eigenvalue weighted by Crippen LogP contribution is 2.31. The molecule has 2 heterocycles. The molecule has 0 amide bonds. The Morgan fingerprint density at radius 1 is 1.11 bits per heavy atom. The maximum absolute atomic E-state index is 6.20. The fourth-order valence-corrected chi connectivity index (χ4v) is 3.06. The minimum atomic E-state index is 0.718. The second kappa shape index (κ2) is 7.75. The van der Waals surface area contributed by atoms with Crippen LogP contribution in [0.2, 0.25) is 0 Å². The van der Waals surface area contributed by atoms with Gasteiger partial charge in [0.1, 0.15) is 5.65 Å². The molecule has 3 aromatic rings. The molecule has 0 unspecified atom stereocenters. The van der Waals surface area contributed by atoms with Crippen LogP contribution in [0.15, 0.2) is 86.8 Å². The summed E-state index contributed by atoms with van der Waals surface area (Å²) in [5.74, 6) is 0. The summed E-state index contributed by atoms with van der Waals surface area (Å²) in [5.41, 5.74) is 13.8. The molecule has 27 heavy (non-hydrogen) atoms. The van der Waals surface area contributed by atoms with E-state index in [1.807, 2.05) is 55.7 Å². The van der Waals surface area contributed by atoms with Crippen molar-refractivity contribution < 1.29 is 0 Å². The van der Waals surface area contributed by atoms with E-state index in [4.69, 9.17) is 5.73 Å². The van der Waals surface area contributed by atoms with Crippen LogP contribution in [0.1, 0.15) is 18.1 Å². The van der Waals surface area contributed by atoms with Gasteiger partial charge in [-0.25, -0.2) is 4.98 Å². The Morgan fingerprint density at radius 2 is 1.93 bits per heavy atom. The average Bonchev–Trinajstić information content (AvgIpc) is 3.07. The molecule has 1 aromatic carbocycles. The number of aromatic nitrogens is 2. The highest BCUT2D eigenvalue weighted by molar-refractivity contribution is 5.96. The van der Waals surface area contributed by atoms with Gasteiger partial charge < -0.3 is 10.7 Å². The van der Waals surface area contributed by atoms with E-state index in [2.05, 4.69) is 35.8 Å². The molecule has 0 spiro atoms. The number of nitrogens with zero attached hydrogens (tertiary/aromatic N) is 1. The van der Waals surface area contributed by atoms with Gasteiger partial charge in [0.15, 0.2) is 0 Å². The fourth-order valence-electron chi connectivity index (χ4n) is 3.06. The van der Waals surface area contributed by atoms with Crippen molar-refractivity contribution in [1.29, 1.82) is 0 Å². The van der Waals surface area contributed by atoms with E-state index in [1.54, 1.807) is 12.2 Å². The van der Waals surface area contributed by atoms with Crippen LogP contribution in [0.25, 0.3) is 33.3 Å². The Hall–Kier alpha value is -3.59. The first-order valence-corrected chi connectivity index (χ1v) is 8.70. The lowest BCUT2D eigenvalue weighted by Gasteiger charge is -2.09. The van der Waals surface area contributed by atoms with Crippen molar-refractivity contribution in [2.75, 3.05) is 5.73 Å². The largest absolute Gasteiger partial charge is 0.398 e. The summed E-state index contributed by atoms with van der Waals surface area (Å²) in [7, 11) is 0. The van der Waals surface area contributed by atoms with Crippen molar-refractivity contribution in [2.45, 2.75) is 6.92 Å². The third-order valence-corrected chi connectivity index (χ3v) is 4.40. The number of hydrogen-bond donors (Lipinski definition) is 2. The molecule has 3 N–H and O–H groups in total. The molecule has 0 aliphatic heterocycles. The van der Waals surface area contributed by atoms with E-state index in [-0.39, 0.29) is 0 Å². The van der Waals surface area contributed by atoms with Gasteiger partial charge in [0, 0.05) is 34.6 Å². The number of pyridine rings is 1. The van der Waals surface area contributed by atoms with Gasteiger partial charge in [-0.15, -0.1) is 0 Å². The number of nitrogens with two attached hydrogens (primary N) is 1. The normalized spacial score (nSPS) is 11.8.